The van der Waals surface area contributed by atoms with Gasteiger partial charge in [0.05, 0.1) is 12.7 Å². The minimum absolute atomic E-state index is 0.132. The van der Waals surface area contributed by atoms with Crippen LogP contribution in [0.1, 0.15) is 64.0 Å². The average Bonchev–Trinajstić information content (AvgIpc) is 2.58. The third-order valence-corrected chi connectivity index (χ3v) is 3.78. The Bertz CT molecular complexity index is 349. The van der Waals surface area contributed by atoms with Crippen LogP contribution < -0.4 is 11.5 Å². The average molecular weight is 310 g/mol. The summed E-state index contributed by atoms with van der Waals surface area (Å²) in [6.45, 7) is 4.71. The van der Waals surface area contributed by atoms with Crippen LogP contribution >= 0.6 is 0 Å². The molecule has 0 aromatic heterocycles. The van der Waals surface area contributed by atoms with Crippen molar-refractivity contribution in [1.29, 1.82) is 0 Å². The van der Waals surface area contributed by atoms with Crippen LogP contribution in [0.15, 0.2) is 30.3 Å². The van der Waals surface area contributed by atoms with Crippen LogP contribution in [0.3, 0.4) is 0 Å². The van der Waals surface area contributed by atoms with E-state index in [2.05, 4.69) is 13.8 Å². The van der Waals surface area contributed by atoms with Gasteiger partial charge in [-0.2, -0.15) is 0 Å². The second-order valence-electron chi connectivity index (χ2n) is 5.89. The molecule has 0 amide bonds. The van der Waals surface area contributed by atoms with Crippen molar-refractivity contribution in [3.05, 3.63) is 35.9 Å². The number of aliphatic hydroxyl groups excluding tert-OH is 2. The van der Waals surface area contributed by atoms with Gasteiger partial charge in [-0.15, -0.1) is 0 Å². The van der Waals surface area contributed by atoms with Gasteiger partial charge in [-0.25, -0.2) is 0 Å². The SMILES string of the molecule is CCCCC(N)(CO)CCCC.NCC(O)c1ccccc1. The first kappa shape index (κ1) is 21.1. The van der Waals surface area contributed by atoms with E-state index in [0.29, 0.717) is 0 Å². The molecule has 0 fully saturated rings. The van der Waals surface area contributed by atoms with Crippen LogP contribution in [0.4, 0.5) is 0 Å². The molecule has 1 unspecified atom stereocenters. The highest BCUT2D eigenvalue weighted by atomic mass is 16.3. The fraction of sp³-hybridized carbons (Fsp3) is 0.667. The summed E-state index contributed by atoms with van der Waals surface area (Å²) in [5.41, 5.74) is 11.9. The molecule has 0 radical (unpaired) electrons. The summed E-state index contributed by atoms with van der Waals surface area (Å²) in [6.07, 6.45) is 5.97. The number of benzene rings is 1. The Labute approximate surface area is 135 Å². The molecule has 4 heteroatoms. The van der Waals surface area contributed by atoms with Crippen LogP contribution in [0.2, 0.25) is 0 Å². The van der Waals surface area contributed by atoms with Gasteiger partial charge < -0.3 is 21.7 Å². The van der Waals surface area contributed by atoms with Gasteiger partial charge >= 0.3 is 0 Å². The molecule has 1 aromatic rings. The van der Waals surface area contributed by atoms with Crippen molar-refractivity contribution < 1.29 is 10.2 Å². The molecule has 0 bridgehead atoms. The number of nitrogens with two attached hydrogens (primary N) is 2. The van der Waals surface area contributed by atoms with Crippen molar-refractivity contribution in [3.8, 4) is 0 Å². The molecule has 0 spiro atoms. The van der Waals surface area contributed by atoms with Crippen molar-refractivity contribution in [2.24, 2.45) is 11.5 Å². The van der Waals surface area contributed by atoms with E-state index in [0.717, 1.165) is 44.1 Å². The predicted octanol–water partition coefficient (Wildman–Crippen LogP) is 2.74. The lowest BCUT2D eigenvalue weighted by Gasteiger charge is -2.26. The number of hydrogen-bond donors (Lipinski definition) is 4. The Morgan fingerprint density at radius 3 is 1.91 bits per heavy atom. The predicted molar refractivity (Wildman–Crippen MR) is 93.5 cm³/mol. The minimum atomic E-state index is -0.513. The number of hydrogen-bond acceptors (Lipinski definition) is 4. The van der Waals surface area contributed by atoms with Crippen molar-refractivity contribution >= 4 is 0 Å². The van der Waals surface area contributed by atoms with Gasteiger partial charge in [-0.05, 0) is 18.4 Å². The van der Waals surface area contributed by atoms with Crippen LogP contribution in [0.25, 0.3) is 0 Å². The van der Waals surface area contributed by atoms with E-state index < -0.39 is 6.10 Å². The van der Waals surface area contributed by atoms with Gasteiger partial charge in [0.25, 0.3) is 0 Å². The topological polar surface area (TPSA) is 92.5 Å². The van der Waals surface area contributed by atoms with E-state index in [1.807, 2.05) is 30.3 Å². The van der Waals surface area contributed by atoms with Crippen molar-refractivity contribution in [1.82, 2.24) is 0 Å². The third kappa shape index (κ3) is 9.15. The highest BCUT2D eigenvalue weighted by molar-refractivity contribution is 5.17. The summed E-state index contributed by atoms with van der Waals surface area (Å²) in [5, 5.41) is 18.3. The first-order valence-electron chi connectivity index (χ1n) is 8.35. The van der Waals surface area contributed by atoms with Gasteiger partial charge in [-0.3, -0.25) is 0 Å². The minimum Gasteiger partial charge on any atom is -0.394 e. The van der Waals surface area contributed by atoms with Crippen molar-refractivity contribution in [2.75, 3.05) is 13.2 Å². The summed E-state index contributed by atoms with van der Waals surface area (Å²) in [7, 11) is 0. The van der Waals surface area contributed by atoms with Crippen LogP contribution in [-0.2, 0) is 0 Å². The van der Waals surface area contributed by atoms with Gasteiger partial charge in [0.15, 0.2) is 0 Å². The molecule has 1 atom stereocenters. The molecule has 0 saturated heterocycles. The van der Waals surface area contributed by atoms with E-state index in [1.165, 1.54) is 0 Å². The summed E-state index contributed by atoms with van der Waals surface area (Å²) in [5.74, 6) is 0. The van der Waals surface area contributed by atoms with E-state index >= 15 is 0 Å². The Kier molecular flexibility index (Phi) is 12.1. The lowest BCUT2D eigenvalue weighted by Crippen LogP contribution is -2.43. The maximum Gasteiger partial charge on any atom is 0.0912 e. The third-order valence-electron chi connectivity index (χ3n) is 3.78. The molecular formula is C18H34N2O2. The van der Waals surface area contributed by atoms with Crippen LogP contribution in [0, 0.1) is 0 Å². The van der Waals surface area contributed by atoms with Gasteiger partial charge in [0.1, 0.15) is 0 Å². The number of aliphatic hydroxyl groups is 2. The fourth-order valence-electron chi connectivity index (χ4n) is 2.15. The normalized spacial score (nSPS) is 12.5. The molecule has 0 aliphatic carbocycles. The lowest BCUT2D eigenvalue weighted by molar-refractivity contribution is 0.173. The quantitative estimate of drug-likeness (QED) is 0.564. The van der Waals surface area contributed by atoms with E-state index in [-0.39, 0.29) is 18.7 Å². The zero-order valence-corrected chi connectivity index (χ0v) is 14.2. The standard InChI is InChI=1S/C10H23NO.C8H11NO/c1-3-5-7-10(11,9-12)8-6-4-2;9-6-8(10)7-4-2-1-3-5-7/h12H,3-9,11H2,1-2H3;1-5,8,10H,6,9H2. The van der Waals surface area contributed by atoms with Crippen molar-refractivity contribution in [2.45, 2.75) is 64.0 Å². The zero-order valence-electron chi connectivity index (χ0n) is 14.2. The molecular weight excluding hydrogens is 276 g/mol. The Hall–Kier alpha value is -0.940. The largest absolute Gasteiger partial charge is 0.394 e. The summed E-state index contributed by atoms with van der Waals surface area (Å²) < 4.78 is 0. The summed E-state index contributed by atoms with van der Waals surface area (Å²) in [6, 6.07) is 9.39. The smallest absolute Gasteiger partial charge is 0.0912 e. The van der Waals surface area contributed by atoms with Crippen molar-refractivity contribution in [3.63, 3.8) is 0 Å². The Balaban J connectivity index is 0.000000406. The Morgan fingerprint density at radius 1 is 1.05 bits per heavy atom. The second-order valence-corrected chi connectivity index (χ2v) is 5.89. The molecule has 0 aliphatic heterocycles. The zero-order chi connectivity index (χ0) is 16.8. The van der Waals surface area contributed by atoms with Gasteiger partial charge in [0.2, 0.25) is 0 Å². The van der Waals surface area contributed by atoms with Gasteiger partial charge in [-0.1, -0.05) is 69.9 Å². The van der Waals surface area contributed by atoms with Crippen LogP contribution in [0.5, 0.6) is 0 Å². The summed E-state index contributed by atoms with van der Waals surface area (Å²) >= 11 is 0. The molecule has 1 rings (SSSR count). The molecule has 0 heterocycles. The van der Waals surface area contributed by atoms with E-state index in [4.69, 9.17) is 16.6 Å². The van der Waals surface area contributed by atoms with Gasteiger partial charge in [0, 0.05) is 12.1 Å². The molecule has 6 N–H and O–H groups in total. The second kappa shape index (κ2) is 12.6. The fourth-order valence-corrected chi connectivity index (χ4v) is 2.15. The molecule has 0 aliphatic rings. The van der Waals surface area contributed by atoms with E-state index in [9.17, 15) is 5.11 Å². The highest BCUT2D eigenvalue weighted by Crippen LogP contribution is 2.17. The maximum absolute atomic E-state index is 9.20. The Morgan fingerprint density at radius 2 is 1.55 bits per heavy atom. The maximum atomic E-state index is 9.20. The molecule has 1 aromatic carbocycles. The summed E-state index contributed by atoms with van der Waals surface area (Å²) in [4.78, 5) is 0. The first-order chi connectivity index (χ1) is 10.5. The number of unbranched alkanes of at least 4 members (excludes halogenated alkanes) is 2. The van der Waals surface area contributed by atoms with E-state index in [1.54, 1.807) is 0 Å². The molecule has 4 nitrogen and oxygen atoms in total. The molecule has 0 saturated carbocycles. The molecule has 128 valence electrons. The molecule has 22 heavy (non-hydrogen) atoms. The highest BCUT2D eigenvalue weighted by Gasteiger charge is 2.21. The van der Waals surface area contributed by atoms with Crippen LogP contribution in [-0.4, -0.2) is 28.9 Å². The number of rotatable bonds is 9. The monoisotopic (exact) mass is 310 g/mol. The first-order valence-corrected chi connectivity index (χ1v) is 8.35. The lowest BCUT2D eigenvalue weighted by atomic mass is 9.89.